The van der Waals surface area contributed by atoms with E-state index in [9.17, 15) is 0 Å². The van der Waals surface area contributed by atoms with Gasteiger partial charge in [-0.1, -0.05) is 40.5 Å². The molecule has 0 saturated heterocycles. The van der Waals surface area contributed by atoms with Crippen LogP contribution in [-0.2, 0) is 6.42 Å². The maximum Gasteiger partial charge on any atom is 0.123 e. The van der Waals surface area contributed by atoms with Crippen LogP contribution in [0, 0.1) is 6.92 Å². The Bertz CT molecular complexity index is 375. The second-order valence-electron chi connectivity index (χ2n) is 4.99. The molecule has 2 rings (SSSR count). The van der Waals surface area contributed by atoms with Gasteiger partial charge in [0.15, 0.2) is 0 Å². The Labute approximate surface area is 113 Å². The van der Waals surface area contributed by atoms with Crippen molar-refractivity contribution in [2.24, 2.45) is 0 Å². The van der Waals surface area contributed by atoms with Crippen LogP contribution in [-0.4, -0.2) is 10.9 Å². The highest BCUT2D eigenvalue weighted by Gasteiger charge is 2.22. The molecule has 1 aromatic rings. The van der Waals surface area contributed by atoms with Crippen LogP contribution in [0.15, 0.2) is 18.2 Å². The average Bonchev–Trinajstić information content (AvgIpc) is 2.70. The van der Waals surface area contributed by atoms with Crippen molar-refractivity contribution in [1.29, 1.82) is 0 Å². The topological polar surface area (TPSA) is 9.23 Å². The Morgan fingerprint density at radius 3 is 3.06 bits per heavy atom. The molecule has 0 bridgehead atoms. The van der Waals surface area contributed by atoms with Crippen LogP contribution in [0.25, 0.3) is 0 Å². The molecule has 0 amide bonds. The quantitative estimate of drug-likeness (QED) is 0.719. The first-order valence-electron chi connectivity index (χ1n) is 6.59. The summed E-state index contributed by atoms with van der Waals surface area (Å²) >= 11 is 3.68. The molecule has 2 unspecified atom stereocenters. The number of benzene rings is 1. The highest BCUT2D eigenvalue weighted by atomic mass is 79.9. The summed E-state index contributed by atoms with van der Waals surface area (Å²) in [5.41, 5.74) is 2.72. The van der Waals surface area contributed by atoms with Crippen LogP contribution in [0.3, 0.4) is 0 Å². The fourth-order valence-electron chi connectivity index (χ4n) is 2.38. The molecule has 2 heteroatoms. The van der Waals surface area contributed by atoms with Gasteiger partial charge in [-0.25, -0.2) is 0 Å². The number of hydrogen-bond donors (Lipinski definition) is 0. The van der Waals surface area contributed by atoms with Crippen LogP contribution in [0.5, 0.6) is 5.75 Å². The molecule has 0 N–H and O–H groups in total. The van der Waals surface area contributed by atoms with E-state index in [1.54, 1.807) is 0 Å². The Balaban J connectivity index is 1.80. The zero-order valence-corrected chi connectivity index (χ0v) is 12.3. The molecule has 1 heterocycles. The van der Waals surface area contributed by atoms with Gasteiger partial charge in [0.25, 0.3) is 0 Å². The molecule has 1 aromatic carbocycles. The van der Waals surface area contributed by atoms with Crippen LogP contribution in [0.1, 0.15) is 43.7 Å². The second-order valence-corrected chi connectivity index (χ2v) is 6.29. The third kappa shape index (κ3) is 3.48. The maximum absolute atomic E-state index is 5.96. The summed E-state index contributed by atoms with van der Waals surface area (Å²) in [5, 5.41) is 0. The van der Waals surface area contributed by atoms with Gasteiger partial charge in [-0.15, -0.1) is 0 Å². The van der Waals surface area contributed by atoms with Gasteiger partial charge in [0, 0.05) is 11.2 Å². The van der Waals surface area contributed by atoms with E-state index in [2.05, 4.69) is 48.0 Å². The fraction of sp³-hybridized carbons (Fsp3) is 0.600. The monoisotopic (exact) mass is 296 g/mol. The van der Waals surface area contributed by atoms with Gasteiger partial charge >= 0.3 is 0 Å². The third-order valence-corrected chi connectivity index (χ3v) is 4.55. The molecule has 1 aliphatic rings. The zero-order valence-electron chi connectivity index (χ0n) is 10.7. The minimum absolute atomic E-state index is 0.406. The predicted molar refractivity (Wildman–Crippen MR) is 76.2 cm³/mol. The van der Waals surface area contributed by atoms with Gasteiger partial charge in [-0.3, -0.25) is 0 Å². The molecule has 1 nitrogen and oxygen atoms in total. The molecule has 0 aliphatic carbocycles. The first kappa shape index (κ1) is 12.9. The van der Waals surface area contributed by atoms with E-state index in [4.69, 9.17) is 4.74 Å². The van der Waals surface area contributed by atoms with Gasteiger partial charge in [0.05, 0.1) is 0 Å². The van der Waals surface area contributed by atoms with Crippen molar-refractivity contribution in [2.45, 2.75) is 56.9 Å². The van der Waals surface area contributed by atoms with Crippen molar-refractivity contribution in [1.82, 2.24) is 0 Å². The van der Waals surface area contributed by atoms with Crippen LogP contribution in [0.2, 0.25) is 0 Å². The summed E-state index contributed by atoms with van der Waals surface area (Å²) in [5.74, 6) is 1.10. The van der Waals surface area contributed by atoms with Gasteiger partial charge < -0.3 is 4.74 Å². The predicted octanol–water partition coefficient (Wildman–Crippen LogP) is 4.64. The lowest BCUT2D eigenvalue weighted by atomic mass is 10.0. The summed E-state index contributed by atoms with van der Waals surface area (Å²) in [6, 6.07) is 6.51. The summed E-state index contributed by atoms with van der Waals surface area (Å²) in [6.07, 6.45) is 6.40. The van der Waals surface area contributed by atoms with Crippen molar-refractivity contribution in [3.8, 4) is 5.75 Å². The maximum atomic E-state index is 5.96. The van der Waals surface area contributed by atoms with Crippen molar-refractivity contribution < 1.29 is 4.74 Å². The third-order valence-electron chi connectivity index (χ3n) is 3.44. The zero-order chi connectivity index (χ0) is 12.3. The lowest BCUT2D eigenvalue weighted by molar-refractivity contribution is 0.216. The molecule has 94 valence electrons. The van der Waals surface area contributed by atoms with Gasteiger partial charge in [0.2, 0.25) is 0 Å². The number of alkyl halides is 1. The minimum Gasteiger partial charge on any atom is -0.490 e. The molecule has 0 aromatic heterocycles. The Morgan fingerprint density at radius 1 is 1.47 bits per heavy atom. The van der Waals surface area contributed by atoms with E-state index < -0.39 is 0 Å². The van der Waals surface area contributed by atoms with E-state index in [1.165, 1.54) is 36.8 Å². The van der Waals surface area contributed by atoms with Gasteiger partial charge in [0.1, 0.15) is 11.9 Å². The highest BCUT2D eigenvalue weighted by Crippen LogP contribution is 2.31. The van der Waals surface area contributed by atoms with Crippen molar-refractivity contribution in [3.63, 3.8) is 0 Å². The lowest BCUT2D eigenvalue weighted by Gasteiger charge is -2.11. The molecule has 1 aliphatic heterocycles. The first-order chi connectivity index (χ1) is 8.19. The Hall–Kier alpha value is -0.500. The normalized spacial score (nSPS) is 19.8. The van der Waals surface area contributed by atoms with E-state index in [0.29, 0.717) is 10.9 Å². The molecule has 0 fully saturated rings. The number of ether oxygens (including phenoxy) is 1. The van der Waals surface area contributed by atoms with E-state index in [-0.39, 0.29) is 0 Å². The summed E-state index contributed by atoms with van der Waals surface area (Å²) in [7, 11) is 0. The van der Waals surface area contributed by atoms with Gasteiger partial charge in [-0.2, -0.15) is 0 Å². The standard InChI is InChI=1S/C15H21BrO/c1-3-13(16)5-4-6-14-10-12-9-11(2)7-8-15(12)17-14/h7-9,13-14H,3-6,10H2,1-2H3. The van der Waals surface area contributed by atoms with Gasteiger partial charge in [-0.05, 0) is 44.2 Å². The fourth-order valence-corrected chi connectivity index (χ4v) is 2.71. The Kier molecular flexibility index (Phi) is 4.49. The first-order valence-corrected chi connectivity index (χ1v) is 7.51. The van der Waals surface area contributed by atoms with Crippen LogP contribution in [0.4, 0.5) is 0 Å². The molecular formula is C15H21BrO. The molecule has 0 saturated carbocycles. The van der Waals surface area contributed by atoms with Crippen molar-refractivity contribution >= 4 is 15.9 Å². The number of halogens is 1. The molecule has 2 atom stereocenters. The minimum atomic E-state index is 0.406. The van der Waals surface area contributed by atoms with Crippen molar-refractivity contribution in [2.75, 3.05) is 0 Å². The summed E-state index contributed by atoms with van der Waals surface area (Å²) in [6.45, 7) is 4.37. The van der Waals surface area contributed by atoms with Crippen molar-refractivity contribution in [3.05, 3.63) is 29.3 Å². The van der Waals surface area contributed by atoms with E-state index in [1.807, 2.05) is 0 Å². The molecule has 0 spiro atoms. The molecule has 17 heavy (non-hydrogen) atoms. The largest absolute Gasteiger partial charge is 0.490 e. The number of fused-ring (bicyclic) bond motifs is 1. The number of rotatable bonds is 5. The van der Waals surface area contributed by atoms with Crippen LogP contribution >= 0.6 is 15.9 Å². The Morgan fingerprint density at radius 2 is 2.29 bits per heavy atom. The van der Waals surface area contributed by atoms with Crippen LogP contribution < -0.4 is 4.74 Å². The molecular weight excluding hydrogens is 276 g/mol. The highest BCUT2D eigenvalue weighted by molar-refractivity contribution is 9.09. The summed E-state index contributed by atoms with van der Waals surface area (Å²) < 4.78 is 5.96. The smallest absolute Gasteiger partial charge is 0.123 e. The average molecular weight is 297 g/mol. The van der Waals surface area contributed by atoms with E-state index >= 15 is 0 Å². The second kappa shape index (κ2) is 5.90. The SMILES string of the molecule is CCC(Br)CCCC1Cc2cc(C)ccc2O1. The molecule has 0 radical (unpaired) electrons. The summed E-state index contributed by atoms with van der Waals surface area (Å²) in [4.78, 5) is 0.675. The van der Waals surface area contributed by atoms with E-state index in [0.717, 1.165) is 12.2 Å². The number of aryl methyl sites for hydroxylation is 1. The lowest BCUT2D eigenvalue weighted by Crippen LogP contribution is -2.13. The number of hydrogen-bond acceptors (Lipinski definition) is 1.